The molecule has 2 aliphatic heterocycles. The molecule has 0 spiro atoms. The monoisotopic (exact) mass is 413 g/mol. The van der Waals surface area contributed by atoms with Crippen molar-refractivity contribution < 1.29 is 9.53 Å². The summed E-state index contributed by atoms with van der Waals surface area (Å²) in [5.41, 5.74) is 3.50. The molecule has 1 atom stereocenters. The Bertz CT molecular complexity index is 924. The Labute approximate surface area is 179 Å². The van der Waals surface area contributed by atoms with Crippen LogP contribution in [0.1, 0.15) is 82.3 Å². The summed E-state index contributed by atoms with van der Waals surface area (Å²) in [4.78, 5) is 22.0. The minimum Gasteiger partial charge on any atom is -0.444 e. The molecular weight excluding hydrogens is 378 g/mol. The molecule has 4 heterocycles. The van der Waals surface area contributed by atoms with Gasteiger partial charge < -0.3 is 9.64 Å². The van der Waals surface area contributed by atoms with Crippen molar-refractivity contribution in [1.82, 2.24) is 19.5 Å². The molecule has 7 heteroatoms. The van der Waals surface area contributed by atoms with Crippen molar-refractivity contribution in [3.63, 3.8) is 0 Å². The summed E-state index contributed by atoms with van der Waals surface area (Å²) in [5, 5.41) is 5.01. The number of carbonyl (C=O) groups excluding carboxylic acids is 1. The zero-order valence-electron chi connectivity index (χ0n) is 19.1. The van der Waals surface area contributed by atoms with Gasteiger partial charge in [-0.05, 0) is 73.1 Å². The Kier molecular flexibility index (Phi) is 5.64. The molecule has 0 unspecified atom stereocenters. The SMILES string of the molecule is Cc1nc2cc([C@@H]3CCCCN3C(=O)OC(C)(C)C)nn2c(N2CCCCC2)c1C. The number of ether oxygens (including phenoxy) is 1. The van der Waals surface area contributed by atoms with Crippen molar-refractivity contribution in [3.05, 3.63) is 23.0 Å². The van der Waals surface area contributed by atoms with Gasteiger partial charge in [0, 0.05) is 37.0 Å². The van der Waals surface area contributed by atoms with Crippen molar-refractivity contribution >= 4 is 17.6 Å². The van der Waals surface area contributed by atoms with Crippen molar-refractivity contribution in [2.24, 2.45) is 0 Å². The molecule has 2 saturated heterocycles. The highest BCUT2D eigenvalue weighted by Crippen LogP contribution is 2.34. The third kappa shape index (κ3) is 4.12. The van der Waals surface area contributed by atoms with Crippen molar-refractivity contribution in [3.8, 4) is 0 Å². The average Bonchev–Trinajstić information content (AvgIpc) is 3.11. The minimum atomic E-state index is -0.505. The summed E-state index contributed by atoms with van der Waals surface area (Å²) in [6, 6.07) is 2.00. The highest BCUT2D eigenvalue weighted by Gasteiger charge is 2.33. The van der Waals surface area contributed by atoms with Gasteiger partial charge in [-0.25, -0.2) is 9.78 Å². The number of nitrogens with zero attached hydrogens (tertiary/aromatic N) is 5. The van der Waals surface area contributed by atoms with Gasteiger partial charge >= 0.3 is 6.09 Å². The Morgan fingerprint density at radius 1 is 1.07 bits per heavy atom. The number of fused-ring (bicyclic) bond motifs is 1. The fourth-order valence-corrected chi connectivity index (χ4v) is 4.62. The zero-order valence-corrected chi connectivity index (χ0v) is 19.1. The first-order valence-electron chi connectivity index (χ1n) is 11.4. The standard InChI is InChI=1S/C23H35N5O2/c1-16-17(2)24-20-15-18(25-28(20)21(16)26-12-8-6-9-13-26)19-11-7-10-14-27(19)22(29)30-23(3,4)5/h15,19H,6-14H2,1-5H3/t19-/m0/s1. The Morgan fingerprint density at radius 2 is 1.77 bits per heavy atom. The van der Waals surface area contributed by atoms with E-state index in [0.29, 0.717) is 6.54 Å². The zero-order chi connectivity index (χ0) is 21.5. The lowest BCUT2D eigenvalue weighted by molar-refractivity contribution is 0.00898. The van der Waals surface area contributed by atoms with Crippen LogP contribution >= 0.6 is 0 Å². The fourth-order valence-electron chi connectivity index (χ4n) is 4.62. The first-order valence-corrected chi connectivity index (χ1v) is 11.4. The minimum absolute atomic E-state index is 0.0647. The van der Waals surface area contributed by atoms with E-state index in [4.69, 9.17) is 14.8 Å². The fraction of sp³-hybridized carbons (Fsp3) is 0.696. The summed E-state index contributed by atoms with van der Waals surface area (Å²) in [6.07, 6.45) is 6.46. The molecule has 0 N–H and O–H groups in total. The number of anilines is 1. The van der Waals surface area contributed by atoms with Crippen LogP contribution in [0.25, 0.3) is 5.65 Å². The van der Waals surface area contributed by atoms with E-state index in [-0.39, 0.29) is 12.1 Å². The van der Waals surface area contributed by atoms with Crippen LogP contribution < -0.4 is 4.90 Å². The highest BCUT2D eigenvalue weighted by molar-refractivity contribution is 5.69. The molecule has 2 aromatic rings. The maximum absolute atomic E-state index is 12.9. The second-order valence-electron chi connectivity index (χ2n) is 9.72. The summed E-state index contributed by atoms with van der Waals surface area (Å²) in [6.45, 7) is 12.8. The van der Waals surface area contributed by atoms with Gasteiger partial charge in [0.2, 0.25) is 0 Å². The van der Waals surface area contributed by atoms with E-state index in [1.54, 1.807) is 0 Å². The van der Waals surface area contributed by atoms with E-state index < -0.39 is 5.60 Å². The largest absolute Gasteiger partial charge is 0.444 e. The maximum Gasteiger partial charge on any atom is 0.410 e. The Morgan fingerprint density at radius 3 is 2.47 bits per heavy atom. The Balaban J connectivity index is 1.72. The summed E-state index contributed by atoms with van der Waals surface area (Å²) < 4.78 is 7.69. The number of carbonyl (C=O) groups is 1. The number of amides is 1. The van der Waals surface area contributed by atoms with E-state index in [2.05, 4.69) is 24.8 Å². The summed E-state index contributed by atoms with van der Waals surface area (Å²) in [5.74, 6) is 1.16. The molecule has 0 radical (unpaired) electrons. The topological polar surface area (TPSA) is 63.0 Å². The lowest BCUT2D eigenvalue weighted by Crippen LogP contribution is -2.42. The van der Waals surface area contributed by atoms with Crippen molar-refractivity contribution in [2.45, 2.75) is 84.8 Å². The van der Waals surface area contributed by atoms with Gasteiger partial charge in [-0.3, -0.25) is 4.90 Å². The quantitative estimate of drug-likeness (QED) is 0.708. The van der Waals surface area contributed by atoms with Gasteiger partial charge in [0.1, 0.15) is 11.4 Å². The molecule has 0 aromatic carbocycles. The molecule has 4 rings (SSSR count). The van der Waals surface area contributed by atoms with Crippen LogP contribution in [-0.4, -0.2) is 50.8 Å². The van der Waals surface area contributed by atoms with E-state index >= 15 is 0 Å². The predicted molar refractivity (Wildman–Crippen MR) is 118 cm³/mol. The first kappa shape index (κ1) is 20.9. The molecule has 2 aromatic heterocycles. The van der Waals surface area contributed by atoms with Crippen LogP contribution in [0.4, 0.5) is 10.6 Å². The van der Waals surface area contributed by atoms with Gasteiger partial charge in [-0.15, -0.1) is 0 Å². The number of piperidine rings is 2. The molecule has 0 aliphatic carbocycles. The lowest BCUT2D eigenvalue weighted by Gasteiger charge is -2.35. The summed E-state index contributed by atoms with van der Waals surface area (Å²) in [7, 11) is 0. The first-order chi connectivity index (χ1) is 14.2. The molecule has 1 amide bonds. The van der Waals surface area contributed by atoms with Gasteiger partial charge in [0.05, 0.1) is 11.7 Å². The smallest absolute Gasteiger partial charge is 0.410 e. The van der Waals surface area contributed by atoms with E-state index in [1.165, 1.54) is 24.8 Å². The van der Waals surface area contributed by atoms with Gasteiger partial charge in [0.15, 0.2) is 5.65 Å². The number of hydrogen-bond donors (Lipinski definition) is 0. The van der Waals surface area contributed by atoms with E-state index in [9.17, 15) is 4.79 Å². The number of aryl methyl sites for hydroxylation is 1. The predicted octanol–water partition coefficient (Wildman–Crippen LogP) is 4.80. The third-order valence-electron chi connectivity index (χ3n) is 6.20. The molecule has 30 heavy (non-hydrogen) atoms. The van der Waals surface area contributed by atoms with Crippen LogP contribution in [0, 0.1) is 13.8 Å². The van der Waals surface area contributed by atoms with E-state index in [0.717, 1.165) is 55.2 Å². The molecular formula is C23H35N5O2. The van der Waals surface area contributed by atoms with Crippen LogP contribution in [0.5, 0.6) is 0 Å². The summed E-state index contributed by atoms with van der Waals surface area (Å²) >= 11 is 0. The highest BCUT2D eigenvalue weighted by atomic mass is 16.6. The molecule has 7 nitrogen and oxygen atoms in total. The Hall–Kier alpha value is -2.31. The molecule has 2 aliphatic rings. The molecule has 2 fully saturated rings. The molecule has 0 saturated carbocycles. The number of aromatic nitrogens is 3. The number of rotatable bonds is 2. The number of hydrogen-bond acceptors (Lipinski definition) is 5. The van der Waals surface area contributed by atoms with Gasteiger partial charge in [0.25, 0.3) is 0 Å². The van der Waals surface area contributed by atoms with Crippen LogP contribution in [-0.2, 0) is 4.74 Å². The lowest BCUT2D eigenvalue weighted by atomic mass is 10.00. The van der Waals surface area contributed by atoms with Crippen LogP contribution in [0.3, 0.4) is 0 Å². The molecule has 0 bridgehead atoms. The van der Waals surface area contributed by atoms with Crippen molar-refractivity contribution in [1.29, 1.82) is 0 Å². The number of likely N-dealkylation sites (tertiary alicyclic amines) is 1. The normalized spacial score (nSPS) is 20.6. The van der Waals surface area contributed by atoms with Gasteiger partial charge in [-0.1, -0.05) is 0 Å². The second kappa shape index (κ2) is 8.08. The second-order valence-corrected chi connectivity index (χ2v) is 9.72. The average molecular weight is 414 g/mol. The third-order valence-corrected chi connectivity index (χ3v) is 6.20. The van der Waals surface area contributed by atoms with E-state index in [1.807, 2.05) is 30.2 Å². The van der Waals surface area contributed by atoms with Gasteiger partial charge in [-0.2, -0.15) is 9.61 Å². The maximum atomic E-state index is 12.9. The van der Waals surface area contributed by atoms with Crippen LogP contribution in [0.15, 0.2) is 6.07 Å². The van der Waals surface area contributed by atoms with Crippen LogP contribution in [0.2, 0.25) is 0 Å². The van der Waals surface area contributed by atoms with Crippen molar-refractivity contribution in [2.75, 3.05) is 24.5 Å². The molecule has 164 valence electrons.